The minimum atomic E-state index is -0.538. The lowest BCUT2D eigenvalue weighted by Gasteiger charge is -2.13. The van der Waals surface area contributed by atoms with E-state index in [1.54, 1.807) is 17.0 Å². The minimum absolute atomic E-state index is 0.342. The predicted molar refractivity (Wildman–Crippen MR) is 112 cm³/mol. The maximum absolute atomic E-state index is 11.7. The molecule has 0 saturated heterocycles. The molecule has 4 N–H and O–H groups in total. The van der Waals surface area contributed by atoms with Crippen molar-refractivity contribution in [3.05, 3.63) is 59.7 Å². The molecule has 0 atom stereocenters. The van der Waals surface area contributed by atoms with Gasteiger partial charge in [0.2, 0.25) is 11.9 Å². The zero-order valence-corrected chi connectivity index (χ0v) is 16.0. The molecule has 29 heavy (non-hydrogen) atoms. The third-order valence-corrected chi connectivity index (χ3v) is 4.39. The maximum atomic E-state index is 11.7. The molecule has 4 rings (SSSR count). The van der Waals surface area contributed by atoms with Crippen molar-refractivity contribution in [1.29, 1.82) is 0 Å². The van der Waals surface area contributed by atoms with E-state index >= 15 is 0 Å². The van der Waals surface area contributed by atoms with Crippen LogP contribution in [-0.2, 0) is 6.54 Å². The van der Waals surface area contributed by atoms with Gasteiger partial charge in [0, 0.05) is 26.0 Å². The van der Waals surface area contributed by atoms with Crippen LogP contribution in [-0.4, -0.2) is 45.2 Å². The van der Waals surface area contributed by atoms with Crippen LogP contribution in [0.5, 0.6) is 0 Å². The summed E-state index contributed by atoms with van der Waals surface area (Å²) in [6.07, 6.45) is 0. The summed E-state index contributed by atoms with van der Waals surface area (Å²) < 4.78 is 0. The fourth-order valence-corrected chi connectivity index (χ4v) is 2.94. The standard InChI is InChI=1S/C20H20N8O/c1-28(2)20-24-18(23-19(25-20)22-11-12-7-4-3-5-8-12)16-13-9-6-10-14(17(21)29)15(13)26-27-16/h3-10H,11H2,1-2H3,(H2,21,29)(H,26,27)(H,22,23,24,25). The Labute approximate surface area is 167 Å². The van der Waals surface area contributed by atoms with E-state index in [0.29, 0.717) is 46.4 Å². The largest absolute Gasteiger partial charge is 0.366 e. The van der Waals surface area contributed by atoms with Gasteiger partial charge in [0.25, 0.3) is 5.91 Å². The summed E-state index contributed by atoms with van der Waals surface area (Å²) in [6.45, 7) is 0.576. The van der Waals surface area contributed by atoms with E-state index in [4.69, 9.17) is 5.73 Å². The molecule has 4 aromatic rings. The van der Waals surface area contributed by atoms with Crippen LogP contribution in [0.25, 0.3) is 22.4 Å². The number of H-pyrrole nitrogens is 1. The van der Waals surface area contributed by atoms with Gasteiger partial charge in [-0.15, -0.1) is 0 Å². The summed E-state index contributed by atoms with van der Waals surface area (Å²) in [4.78, 5) is 27.0. The molecule has 9 heteroatoms. The molecule has 9 nitrogen and oxygen atoms in total. The number of amides is 1. The van der Waals surface area contributed by atoms with Crippen molar-refractivity contribution in [3.8, 4) is 11.5 Å². The van der Waals surface area contributed by atoms with Crippen molar-refractivity contribution < 1.29 is 4.79 Å². The molecule has 0 unspecified atom stereocenters. The number of benzene rings is 2. The van der Waals surface area contributed by atoms with Crippen molar-refractivity contribution in [2.24, 2.45) is 5.73 Å². The Morgan fingerprint density at radius 1 is 1.07 bits per heavy atom. The van der Waals surface area contributed by atoms with Gasteiger partial charge in [0.1, 0.15) is 11.2 Å². The normalized spacial score (nSPS) is 10.8. The van der Waals surface area contributed by atoms with Crippen molar-refractivity contribution in [2.45, 2.75) is 6.54 Å². The molecular formula is C20H20N8O. The number of fused-ring (bicyclic) bond motifs is 1. The molecule has 0 radical (unpaired) electrons. The second kappa shape index (κ2) is 7.55. The van der Waals surface area contributed by atoms with Crippen molar-refractivity contribution in [1.82, 2.24) is 25.1 Å². The topological polar surface area (TPSA) is 126 Å². The third-order valence-electron chi connectivity index (χ3n) is 4.39. The van der Waals surface area contributed by atoms with Crippen LogP contribution in [0.2, 0.25) is 0 Å². The molecule has 0 aliphatic carbocycles. The van der Waals surface area contributed by atoms with Crippen LogP contribution in [0.1, 0.15) is 15.9 Å². The number of nitrogens with one attached hydrogen (secondary N) is 2. The number of hydrogen-bond donors (Lipinski definition) is 3. The Morgan fingerprint density at radius 2 is 1.86 bits per heavy atom. The number of hydrogen-bond acceptors (Lipinski definition) is 7. The molecule has 0 spiro atoms. The molecule has 0 fully saturated rings. The minimum Gasteiger partial charge on any atom is -0.366 e. The zero-order valence-electron chi connectivity index (χ0n) is 16.0. The average Bonchev–Trinajstić information content (AvgIpc) is 3.17. The second-order valence-corrected chi connectivity index (χ2v) is 6.68. The fourth-order valence-electron chi connectivity index (χ4n) is 2.94. The number of para-hydroxylation sites is 1. The molecule has 2 aromatic heterocycles. The lowest BCUT2D eigenvalue weighted by atomic mass is 10.1. The molecule has 0 aliphatic rings. The fraction of sp³-hybridized carbons (Fsp3) is 0.150. The highest BCUT2D eigenvalue weighted by Gasteiger charge is 2.17. The maximum Gasteiger partial charge on any atom is 0.250 e. The first-order valence-corrected chi connectivity index (χ1v) is 9.01. The van der Waals surface area contributed by atoms with E-state index in [9.17, 15) is 4.79 Å². The molecular weight excluding hydrogens is 368 g/mol. The van der Waals surface area contributed by atoms with Crippen LogP contribution in [0.3, 0.4) is 0 Å². The Hall–Kier alpha value is -4.01. The summed E-state index contributed by atoms with van der Waals surface area (Å²) in [5.41, 5.74) is 7.99. The summed E-state index contributed by atoms with van der Waals surface area (Å²) in [7, 11) is 3.71. The quantitative estimate of drug-likeness (QED) is 0.462. The number of primary amides is 1. The summed E-state index contributed by atoms with van der Waals surface area (Å²) in [5.74, 6) is 0.822. The highest BCUT2D eigenvalue weighted by molar-refractivity contribution is 6.07. The molecule has 0 bridgehead atoms. The van der Waals surface area contributed by atoms with Crippen LogP contribution >= 0.6 is 0 Å². The van der Waals surface area contributed by atoms with Crippen molar-refractivity contribution in [3.63, 3.8) is 0 Å². The molecule has 0 aliphatic heterocycles. The highest BCUT2D eigenvalue weighted by atomic mass is 16.1. The highest BCUT2D eigenvalue weighted by Crippen LogP contribution is 2.27. The molecule has 0 saturated carbocycles. The van der Waals surface area contributed by atoms with E-state index in [1.807, 2.05) is 50.5 Å². The van der Waals surface area contributed by atoms with Gasteiger partial charge >= 0.3 is 0 Å². The number of nitrogens with zero attached hydrogens (tertiary/aromatic N) is 5. The Morgan fingerprint density at radius 3 is 2.59 bits per heavy atom. The van der Waals surface area contributed by atoms with Gasteiger partial charge in [-0.3, -0.25) is 9.89 Å². The number of anilines is 2. The molecule has 2 heterocycles. The van der Waals surface area contributed by atoms with Crippen molar-refractivity contribution in [2.75, 3.05) is 24.3 Å². The number of carbonyl (C=O) groups excluding carboxylic acids is 1. The lowest BCUT2D eigenvalue weighted by molar-refractivity contribution is 0.100. The van der Waals surface area contributed by atoms with Gasteiger partial charge in [-0.2, -0.15) is 20.1 Å². The zero-order chi connectivity index (χ0) is 20.4. The number of nitrogens with two attached hydrogens (primary N) is 1. The number of aromatic amines is 1. The van der Waals surface area contributed by atoms with E-state index in [-0.39, 0.29) is 0 Å². The van der Waals surface area contributed by atoms with Gasteiger partial charge < -0.3 is 16.0 Å². The third kappa shape index (κ3) is 3.70. The predicted octanol–water partition coefficient (Wildman–Crippen LogP) is 2.19. The summed E-state index contributed by atoms with van der Waals surface area (Å²) >= 11 is 0. The average molecular weight is 388 g/mol. The van der Waals surface area contributed by atoms with Gasteiger partial charge in [-0.25, -0.2) is 0 Å². The number of aromatic nitrogens is 5. The second-order valence-electron chi connectivity index (χ2n) is 6.68. The Kier molecular flexibility index (Phi) is 4.78. The molecule has 2 aromatic carbocycles. The first-order chi connectivity index (χ1) is 14.0. The SMILES string of the molecule is CN(C)c1nc(NCc2ccccc2)nc(-c2[nH]nc3c(C(N)=O)cccc23)n1. The lowest BCUT2D eigenvalue weighted by Crippen LogP contribution is -2.16. The molecule has 146 valence electrons. The molecule has 1 amide bonds. The van der Waals surface area contributed by atoms with Crippen LogP contribution in [0.4, 0.5) is 11.9 Å². The van der Waals surface area contributed by atoms with Crippen LogP contribution in [0.15, 0.2) is 48.5 Å². The van der Waals surface area contributed by atoms with E-state index in [0.717, 1.165) is 5.56 Å². The van der Waals surface area contributed by atoms with Crippen LogP contribution in [0, 0.1) is 0 Å². The van der Waals surface area contributed by atoms with Crippen LogP contribution < -0.4 is 16.0 Å². The smallest absolute Gasteiger partial charge is 0.250 e. The van der Waals surface area contributed by atoms with Gasteiger partial charge in [0.15, 0.2) is 5.82 Å². The van der Waals surface area contributed by atoms with Gasteiger partial charge in [0.05, 0.1) is 5.56 Å². The Balaban J connectivity index is 1.75. The monoisotopic (exact) mass is 388 g/mol. The van der Waals surface area contributed by atoms with E-state index in [1.165, 1.54) is 0 Å². The van der Waals surface area contributed by atoms with Gasteiger partial charge in [-0.05, 0) is 11.6 Å². The van der Waals surface area contributed by atoms with Gasteiger partial charge in [-0.1, -0.05) is 42.5 Å². The number of rotatable bonds is 6. The van der Waals surface area contributed by atoms with E-state index in [2.05, 4.69) is 30.5 Å². The summed E-state index contributed by atoms with van der Waals surface area (Å²) in [6, 6.07) is 15.2. The van der Waals surface area contributed by atoms with Crippen molar-refractivity contribution >= 4 is 28.7 Å². The van der Waals surface area contributed by atoms with E-state index < -0.39 is 5.91 Å². The first-order valence-electron chi connectivity index (χ1n) is 9.01. The number of carbonyl (C=O) groups is 1. The summed E-state index contributed by atoms with van der Waals surface area (Å²) in [5, 5.41) is 11.1. The Bertz CT molecular complexity index is 1170. The first kappa shape index (κ1) is 18.4.